The Labute approximate surface area is 86.4 Å². The Kier molecular flexibility index (Phi) is 3.96. The van der Waals surface area contributed by atoms with Crippen molar-refractivity contribution in [2.45, 2.75) is 32.0 Å². The molecule has 2 unspecified atom stereocenters. The molecular formula is C9H15F3N2O. The van der Waals surface area contributed by atoms with Crippen LogP contribution in [0.5, 0.6) is 0 Å². The smallest absolute Gasteiger partial charge is 0.352 e. The van der Waals surface area contributed by atoms with E-state index in [1.54, 1.807) is 0 Å². The topological polar surface area (TPSA) is 41.1 Å². The third-order valence-corrected chi connectivity index (χ3v) is 2.50. The van der Waals surface area contributed by atoms with E-state index < -0.39 is 24.9 Å². The number of halogens is 3. The second-order valence-electron chi connectivity index (χ2n) is 3.92. The second kappa shape index (κ2) is 4.83. The predicted molar refractivity (Wildman–Crippen MR) is 49.3 cm³/mol. The first-order chi connectivity index (χ1) is 6.88. The van der Waals surface area contributed by atoms with Gasteiger partial charge in [0.25, 0.3) is 0 Å². The number of amides is 1. The van der Waals surface area contributed by atoms with Crippen LogP contribution in [0.3, 0.4) is 0 Å². The summed E-state index contributed by atoms with van der Waals surface area (Å²) in [6, 6.07) is -0.0364. The fraction of sp³-hybridized carbons (Fsp3) is 0.889. The SMILES string of the molecule is CC1CNCC1NC(=O)CCC(F)(F)F. The van der Waals surface area contributed by atoms with Crippen LogP contribution >= 0.6 is 0 Å². The van der Waals surface area contributed by atoms with Crippen LogP contribution in [0, 0.1) is 5.92 Å². The van der Waals surface area contributed by atoms with Crippen molar-refractivity contribution in [3.8, 4) is 0 Å². The normalized spacial score (nSPS) is 26.7. The molecule has 88 valence electrons. The summed E-state index contributed by atoms with van der Waals surface area (Å²) in [5.41, 5.74) is 0. The lowest BCUT2D eigenvalue weighted by Crippen LogP contribution is -2.39. The minimum absolute atomic E-state index is 0.0364. The van der Waals surface area contributed by atoms with Crippen molar-refractivity contribution in [1.82, 2.24) is 10.6 Å². The third-order valence-electron chi connectivity index (χ3n) is 2.50. The molecule has 1 rings (SSSR count). The van der Waals surface area contributed by atoms with Gasteiger partial charge in [-0.3, -0.25) is 4.79 Å². The van der Waals surface area contributed by atoms with Gasteiger partial charge in [0.1, 0.15) is 0 Å². The molecule has 1 heterocycles. The van der Waals surface area contributed by atoms with Gasteiger partial charge in [-0.05, 0) is 12.5 Å². The van der Waals surface area contributed by atoms with Gasteiger partial charge in [-0.2, -0.15) is 13.2 Å². The summed E-state index contributed by atoms with van der Waals surface area (Å²) in [7, 11) is 0. The lowest BCUT2D eigenvalue weighted by atomic mass is 10.1. The van der Waals surface area contributed by atoms with E-state index in [0.29, 0.717) is 6.54 Å². The fourth-order valence-electron chi connectivity index (χ4n) is 1.54. The van der Waals surface area contributed by atoms with Crippen LogP contribution in [0.2, 0.25) is 0 Å². The Balaban J connectivity index is 2.24. The number of hydrogen-bond acceptors (Lipinski definition) is 2. The third kappa shape index (κ3) is 4.51. The molecule has 1 amide bonds. The summed E-state index contributed by atoms with van der Waals surface area (Å²) >= 11 is 0. The van der Waals surface area contributed by atoms with Crippen LogP contribution in [-0.4, -0.2) is 31.2 Å². The molecule has 0 aliphatic carbocycles. The average Bonchev–Trinajstić information content (AvgIpc) is 2.47. The molecule has 1 aliphatic rings. The first-order valence-corrected chi connectivity index (χ1v) is 4.95. The lowest BCUT2D eigenvalue weighted by Gasteiger charge is -2.16. The van der Waals surface area contributed by atoms with Gasteiger partial charge in [0.15, 0.2) is 0 Å². The monoisotopic (exact) mass is 224 g/mol. The van der Waals surface area contributed by atoms with E-state index in [0.717, 1.165) is 6.54 Å². The molecule has 6 heteroatoms. The van der Waals surface area contributed by atoms with Crippen molar-refractivity contribution in [3.63, 3.8) is 0 Å². The van der Waals surface area contributed by atoms with E-state index in [9.17, 15) is 18.0 Å². The van der Waals surface area contributed by atoms with Crippen molar-refractivity contribution in [3.05, 3.63) is 0 Å². The van der Waals surface area contributed by atoms with E-state index >= 15 is 0 Å². The van der Waals surface area contributed by atoms with Gasteiger partial charge in [0.2, 0.25) is 5.91 Å². The molecule has 0 aromatic rings. The molecule has 3 nitrogen and oxygen atoms in total. The van der Waals surface area contributed by atoms with Gasteiger partial charge in [-0.15, -0.1) is 0 Å². The van der Waals surface area contributed by atoms with Crippen molar-refractivity contribution in [1.29, 1.82) is 0 Å². The second-order valence-corrected chi connectivity index (χ2v) is 3.92. The maximum Gasteiger partial charge on any atom is 0.389 e. The molecule has 1 fully saturated rings. The summed E-state index contributed by atoms with van der Waals surface area (Å²) in [5.74, 6) is -0.243. The van der Waals surface area contributed by atoms with Crippen molar-refractivity contribution >= 4 is 5.91 Å². The molecule has 2 atom stereocenters. The first kappa shape index (κ1) is 12.3. The number of nitrogens with one attached hydrogen (secondary N) is 2. The zero-order chi connectivity index (χ0) is 11.5. The van der Waals surface area contributed by atoms with E-state index in [4.69, 9.17) is 0 Å². The average molecular weight is 224 g/mol. The summed E-state index contributed by atoms with van der Waals surface area (Å²) in [5, 5.41) is 5.66. The Morgan fingerprint density at radius 3 is 2.60 bits per heavy atom. The van der Waals surface area contributed by atoms with E-state index in [1.807, 2.05) is 6.92 Å². The molecule has 0 aromatic heterocycles. The Morgan fingerprint density at radius 2 is 2.13 bits per heavy atom. The minimum Gasteiger partial charge on any atom is -0.352 e. The maximum absolute atomic E-state index is 11.8. The van der Waals surface area contributed by atoms with Crippen LogP contribution in [0.15, 0.2) is 0 Å². The standard InChI is InChI=1S/C9H15F3N2O/c1-6-4-13-5-7(6)14-8(15)2-3-9(10,11)12/h6-7,13H,2-5H2,1H3,(H,14,15). The number of alkyl halides is 3. The predicted octanol–water partition coefficient (Wildman–Crippen LogP) is 1.05. The summed E-state index contributed by atoms with van der Waals surface area (Å²) < 4.78 is 35.4. The van der Waals surface area contributed by atoms with Gasteiger partial charge in [0, 0.05) is 19.0 Å². The molecular weight excluding hydrogens is 209 g/mol. The molecule has 1 aliphatic heterocycles. The minimum atomic E-state index is -4.25. The van der Waals surface area contributed by atoms with E-state index in [-0.39, 0.29) is 12.0 Å². The first-order valence-electron chi connectivity index (χ1n) is 4.95. The van der Waals surface area contributed by atoms with Gasteiger partial charge < -0.3 is 10.6 Å². The largest absolute Gasteiger partial charge is 0.389 e. The zero-order valence-corrected chi connectivity index (χ0v) is 8.53. The highest BCUT2D eigenvalue weighted by atomic mass is 19.4. The number of rotatable bonds is 3. The van der Waals surface area contributed by atoms with Crippen LogP contribution in [0.25, 0.3) is 0 Å². The Hall–Kier alpha value is -0.780. The highest BCUT2D eigenvalue weighted by Crippen LogP contribution is 2.21. The van der Waals surface area contributed by atoms with Crippen LogP contribution in [0.1, 0.15) is 19.8 Å². The van der Waals surface area contributed by atoms with E-state index in [1.165, 1.54) is 0 Å². The van der Waals surface area contributed by atoms with Crippen LogP contribution < -0.4 is 10.6 Å². The van der Waals surface area contributed by atoms with Crippen molar-refractivity contribution in [2.75, 3.05) is 13.1 Å². The summed E-state index contributed by atoms with van der Waals surface area (Å²) in [6.07, 6.45) is -5.78. The van der Waals surface area contributed by atoms with Gasteiger partial charge in [0.05, 0.1) is 6.42 Å². The molecule has 0 spiro atoms. The molecule has 0 aromatic carbocycles. The highest BCUT2D eigenvalue weighted by Gasteiger charge is 2.29. The van der Waals surface area contributed by atoms with Crippen molar-refractivity contribution in [2.24, 2.45) is 5.92 Å². The Bertz CT molecular complexity index is 230. The quantitative estimate of drug-likeness (QED) is 0.752. The van der Waals surface area contributed by atoms with Gasteiger partial charge >= 0.3 is 6.18 Å². The molecule has 2 N–H and O–H groups in total. The molecule has 0 radical (unpaired) electrons. The van der Waals surface area contributed by atoms with E-state index in [2.05, 4.69) is 10.6 Å². The lowest BCUT2D eigenvalue weighted by molar-refractivity contribution is -0.144. The summed E-state index contributed by atoms with van der Waals surface area (Å²) in [4.78, 5) is 11.2. The van der Waals surface area contributed by atoms with Gasteiger partial charge in [-0.25, -0.2) is 0 Å². The van der Waals surface area contributed by atoms with Crippen LogP contribution in [0.4, 0.5) is 13.2 Å². The fourth-order valence-corrected chi connectivity index (χ4v) is 1.54. The highest BCUT2D eigenvalue weighted by molar-refractivity contribution is 5.76. The van der Waals surface area contributed by atoms with Gasteiger partial charge in [-0.1, -0.05) is 6.92 Å². The van der Waals surface area contributed by atoms with Crippen molar-refractivity contribution < 1.29 is 18.0 Å². The Morgan fingerprint density at radius 1 is 1.47 bits per heavy atom. The maximum atomic E-state index is 11.8. The number of hydrogen-bond donors (Lipinski definition) is 2. The molecule has 15 heavy (non-hydrogen) atoms. The zero-order valence-electron chi connectivity index (χ0n) is 8.53. The number of carbonyl (C=O) groups excluding carboxylic acids is 1. The summed E-state index contributed by atoms with van der Waals surface area (Å²) in [6.45, 7) is 3.39. The van der Waals surface area contributed by atoms with Crippen LogP contribution in [-0.2, 0) is 4.79 Å². The number of carbonyl (C=O) groups is 1. The molecule has 0 saturated carbocycles. The molecule has 1 saturated heterocycles. The molecule has 0 bridgehead atoms.